The Kier molecular flexibility index (Phi) is 5.92. The van der Waals surface area contributed by atoms with Crippen molar-refractivity contribution in [1.29, 1.82) is 0 Å². The molecule has 0 atom stereocenters. The van der Waals surface area contributed by atoms with E-state index in [1.165, 1.54) is 18.5 Å². The van der Waals surface area contributed by atoms with Gasteiger partial charge < -0.3 is 9.84 Å². The number of sulfonamides is 1. The molecule has 0 saturated heterocycles. The summed E-state index contributed by atoms with van der Waals surface area (Å²) < 4.78 is 45.2. The predicted octanol–water partition coefficient (Wildman–Crippen LogP) is 2.60. The van der Waals surface area contributed by atoms with Gasteiger partial charge in [-0.2, -0.15) is 0 Å². The summed E-state index contributed by atoms with van der Waals surface area (Å²) in [5, 5.41) is 6.62. The summed E-state index contributed by atoms with van der Waals surface area (Å²) in [5.74, 6) is -0.233. The Bertz CT molecular complexity index is 1110. The first-order chi connectivity index (χ1) is 13.8. The summed E-state index contributed by atoms with van der Waals surface area (Å²) in [5.41, 5.74) is 2.02. The van der Waals surface area contributed by atoms with Crippen LogP contribution in [0.2, 0.25) is 0 Å². The van der Waals surface area contributed by atoms with E-state index >= 15 is 0 Å². The van der Waals surface area contributed by atoms with Gasteiger partial charge in [-0.15, -0.1) is 0 Å². The zero-order chi connectivity index (χ0) is 21.0. The van der Waals surface area contributed by atoms with E-state index in [-0.39, 0.29) is 16.1 Å². The molecule has 29 heavy (non-hydrogen) atoms. The SMILES string of the molecule is Cc1noc(C)c1CCNC(=O)c1cncc(NS(=O)(=O)c2ccc(F)cc2)c1. The molecule has 3 rings (SSSR count). The zero-order valence-electron chi connectivity index (χ0n) is 15.8. The van der Waals surface area contributed by atoms with Crippen LogP contribution in [0.4, 0.5) is 10.1 Å². The molecule has 0 bridgehead atoms. The summed E-state index contributed by atoms with van der Waals surface area (Å²) in [6.07, 6.45) is 3.17. The fourth-order valence-electron chi connectivity index (χ4n) is 2.71. The van der Waals surface area contributed by atoms with Gasteiger partial charge in [0.15, 0.2) is 0 Å². The highest BCUT2D eigenvalue weighted by Crippen LogP contribution is 2.17. The first-order valence-corrected chi connectivity index (χ1v) is 10.2. The van der Waals surface area contributed by atoms with Gasteiger partial charge in [-0.05, 0) is 50.6 Å². The number of hydrogen-bond acceptors (Lipinski definition) is 6. The van der Waals surface area contributed by atoms with Gasteiger partial charge in [0.2, 0.25) is 0 Å². The number of halogens is 1. The van der Waals surface area contributed by atoms with Crippen LogP contribution in [0, 0.1) is 19.7 Å². The van der Waals surface area contributed by atoms with Crippen LogP contribution in [-0.4, -0.2) is 31.0 Å². The van der Waals surface area contributed by atoms with Gasteiger partial charge in [-0.25, -0.2) is 12.8 Å². The van der Waals surface area contributed by atoms with Gasteiger partial charge in [0.1, 0.15) is 11.6 Å². The number of benzene rings is 1. The molecule has 2 N–H and O–H groups in total. The Labute approximate surface area is 167 Å². The van der Waals surface area contributed by atoms with E-state index in [4.69, 9.17) is 4.52 Å². The molecule has 1 amide bonds. The number of anilines is 1. The lowest BCUT2D eigenvalue weighted by Crippen LogP contribution is -2.26. The Balaban J connectivity index is 1.65. The number of aromatic nitrogens is 2. The molecule has 3 aromatic rings. The molecule has 152 valence electrons. The number of nitrogens with one attached hydrogen (secondary N) is 2. The van der Waals surface area contributed by atoms with Gasteiger partial charge in [0.25, 0.3) is 15.9 Å². The third kappa shape index (κ3) is 4.96. The van der Waals surface area contributed by atoms with Gasteiger partial charge in [0.05, 0.1) is 28.0 Å². The van der Waals surface area contributed by atoms with Gasteiger partial charge >= 0.3 is 0 Å². The molecule has 0 aliphatic heterocycles. The van der Waals surface area contributed by atoms with E-state index < -0.39 is 21.7 Å². The van der Waals surface area contributed by atoms with E-state index in [2.05, 4.69) is 20.2 Å². The fourth-order valence-corrected chi connectivity index (χ4v) is 3.74. The highest BCUT2D eigenvalue weighted by atomic mass is 32.2. The Hall–Kier alpha value is -3.27. The monoisotopic (exact) mass is 418 g/mol. The zero-order valence-corrected chi connectivity index (χ0v) is 16.6. The van der Waals surface area contributed by atoms with E-state index in [0.717, 1.165) is 35.5 Å². The van der Waals surface area contributed by atoms with Crippen molar-refractivity contribution >= 4 is 21.6 Å². The number of carbonyl (C=O) groups is 1. The first-order valence-electron chi connectivity index (χ1n) is 8.69. The van der Waals surface area contributed by atoms with Crippen LogP contribution in [0.3, 0.4) is 0 Å². The van der Waals surface area contributed by atoms with Crippen molar-refractivity contribution in [2.45, 2.75) is 25.2 Å². The van der Waals surface area contributed by atoms with Crippen molar-refractivity contribution < 1.29 is 22.1 Å². The lowest BCUT2D eigenvalue weighted by atomic mass is 10.1. The van der Waals surface area contributed by atoms with Crippen molar-refractivity contribution in [3.8, 4) is 0 Å². The number of carbonyl (C=O) groups excluding carboxylic acids is 1. The fraction of sp³-hybridized carbons (Fsp3) is 0.211. The normalized spacial score (nSPS) is 11.3. The molecule has 2 aromatic heterocycles. The molecule has 10 heteroatoms. The van der Waals surface area contributed by atoms with E-state index in [1.807, 2.05) is 6.92 Å². The standard InChI is InChI=1S/C19H19FN4O4S/c1-12-18(13(2)28-23-12)7-8-22-19(25)14-9-16(11-21-10-14)24-29(26,27)17-5-3-15(20)4-6-17/h3-6,9-11,24H,7-8H2,1-2H3,(H,22,25). The van der Waals surface area contributed by atoms with Crippen molar-refractivity contribution in [2.75, 3.05) is 11.3 Å². The lowest BCUT2D eigenvalue weighted by molar-refractivity contribution is 0.0953. The lowest BCUT2D eigenvalue weighted by Gasteiger charge is -2.09. The molecule has 2 heterocycles. The molecular weight excluding hydrogens is 399 g/mol. The van der Waals surface area contributed by atoms with Crippen molar-refractivity contribution in [3.63, 3.8) is 0 Å². The minimum atomic E-state index is -3.93. The van der Waals surface area contributed by atoms with Crippen LogP contribution in [0.1, 0.15) is 27.4 Å². The minimum Gasteiger partial charge on any atom is -0.361 e. The Morgan fingerprint density at radius 3 is 2.55 bits per heavy atom. The molecule has 1 aromatic carbocycles. The predicted molar refractivity (Wildman–Crippen MR) is 103 cm³/mol. The molecule has 0 aliphatic rings. The maximum absolute atomic E-state index is 13.0. The summed E-state index contributed by atoms with van der Waals surface area (Å²) >= 11 is 0. The minimum absolute atomic E-state index is 0.104. The average Bonchev–Trinajstić information content (AvgIpc) is 3.00. The van der Waals surface area contributed by atoms with Gasteiger partial charge in [-0.3, -0.25) is 14.5 Å². The third-order valence-electron chi connectivity index (χ3n) is 4.22. The molecule has 0 unspecified atom stereocenters. The second kappa shape index (κ2) is 8.39. The summed E-state index contributed by atoms with van der Waals surface area (Å²) in [6.45, 7) is 3.99. The van der Waals surface area contributed by atoms with Crippen LogP contribution in [0.5, 0.6) is 0 Å². The number of rotatable bonds is 7. The number of amides is 1. The largest absolute Gasteiger partial charge is 0.361 e. The number of pyridine rings is 1. The quantitative estimate of drug-likeness (QED) is 0.610. The third-order valence-corrected chi connectivity index (χ3v) is 5.62. The Morgan fingerprint density at radius 1 is 1.17 bits per heavy atom. The topological polar surface area (TPSA) is 114 Å². The molecule has 0 spiro atoms. The van der Waals surface area contributed by atoms with Crippen LogP contribution in [0.25, 0.3) is 0 Å². The summed E-state index contributed by atoms with van der Waals surface area (Å²) in [7, 11) is -3.93. The van der Waals surface area contributed by atoms with Crippen molar-refractivity contribution in [2.24, 2.45) is 0 Å². The van der Waals surface area contributed by atoms with Crippen LogP contribution < -0.4 is 10.0 Å². The van der Waals surface area contributed by atoms with E-state index in [9.17, 15) is 17.6 Å². The maximum atomic E-state index is 13.0. The average molecular weight is 418 g/mol. The highest BCUT2D eigenvalue weighted by Gasteiger charge is 2.16. The maximum Gasteiger partial charge on any atom is 0.261 e. The second-order valence-electron chi connectivity index (χ2n) is 6.33. The highest BCUT2D eigenvalue weighted by molar-refractivity contribution is 7.92. The molecule has 0 fully saturated rings. The second-order valence-corrected chi connectivity index (χ2v) is 8.01. The van der Waals surface area contributed by atoms with Gasteiger partial charge in [0, 0.05) is 18.3 Å². The number of hydrogen-bond donors (Lipinski definition) is 2. The summed E-state index contributed by atoms with van der Waals surface area (Å²) in [4.78, 5) is 16.2. The van der Waals surface area contributed by atoms with E-state index in [0.29, 0.717) is 18.7 Å². The number of aryl methyl sites for hydroxylation is 2. The van der Waals surface area contributed by atoms with Crippen LogP contribution >= 0.6 is 0 Å². The van der Waals surface area contributed by atoms with Crippen molar-refractivity contribution in [3.05, 3.63) is 71.1 Å². The molecule has 8 nitrogen and oxygen atoms in total. The van der Waals surface area contributed by atoms with Crippen molar-refractivity contribution in [1.82, 2.24) is 15.5 Å². The molecule has 0 radical (unpaired) electrons. The van der Waals surface area contributed by atoms with E-state index in [1.54, 1.807) is 6.92 Å². The number of nitrogens with zero attached hydrogens (tertiary/aromatic N) is 2. The molecule has 0 aliphatic carbocycles. The smallest absolute Gasteiger partial charge is 0.261 e. The van der Waals surface area contributed by atoms with Crippen LogP contribution in [0.15, 0.2) is 52.1 Å². The van der Waals surface area contributed by atoms with Gasteiger partial charge in [-0.1, -0.05) is 5.16 Å². The van der Waals surface area contributed by atoms with Crippen LogP contribution in [-0.2, 0) is 16.4 Å². The summed E-state index contributed by atoms with van der Waals surface area (Å²) in [6, 6.07) is 5.78. The molecule has 0 saturated carbocycles. The molecular formula is C19H19FN4O4S. The first kappa shape index (κ1) is 20.5. The Morgan fingerprint density at radius 2 is 1.90 bits per heavy atom.